The fourth-order valence-electron chi connectivity index (χ4n) is 1.51. The number of hydrogen-bond donors (Lipinski definition) is 1. The number of aromatic nitrogens is 2. The van der Waals surface area contributed by atoms with E-state index in [1.165, 1.54) is 0 Å². The maximum absolute atomic E-state index is 11.8. The van der Waals surface area contributed by atoms with E-state index in [0.29, 0.717) is 17.3 Å². The number of amides is 1. The summed E-state index contributed by atoms with van der Waals surface area (Å²) in [6.07, 6.45) is 3.51. The van der Waals surface area contributed by atoms with Gasteiger partial charge in [-0.25, -0.2) is 15.0 Å². The number of nitrogens with zero attached hydrogens (tertiary/aromatic N) is 3. The average molecular weight is 254 g/mol. The van der Waals surface area contributed by atoms with Gasteiger partial charge in [-0.3, -0.25) is 4.79 Å². The second kappa shape index (κ2) is 6.39. The highest BCUT2D eigenvalue weighted by atomic mass is 16.1. The minimum Gasteiger partial charge on any atom is -0.310 e. The fourth-order valence-corrected chi connectivity index (χ4v) is 1.51. The average Bonchev–Trinajstić information content (AvgIpc) is 2.40. The molecule has 5 heteroatoms. The molecular formula is C14H14N4O. The Morgan fingerprint density at radius 3 is 2.53 bits per heavy atom. The minimum atomic E-state index is -0.143. The molecule has 2 rings (SSSR count). The lowest BCUT2D eigenvalue weighted by molar-refractivity contribution is -0.115. The Morgan fingerprint density at radius 2 is 1.89 bits per heavy atom. The summed E-state index contributed by atoms with van der Waals surface area (Å²) in [7, 11) is 0. The summed E-state index contributed by atoms with van der Waals surface area (Å²) in [4.78, 5) is 24.1. The van der Waals surface area contributed by atoms with Gasteiger partial charge in [0.25, 0.3) is 0 Å². The quantitative estimate of drug-likeness (QED) is 0.853. The van der Waals surface area contributed by atoms with E-state index in [-0.39, 0.29) is 12.3 Å². The smallest absolute Gasteiger partial charge is 0.231 e. The number of carbonyl (C=O) groups excluding carboxylic acids is 1. The number of hydrogen-bond acceptors (Lipinski definition) is 4. The van der Waals surface area contributed by atoms with Gasteiger partial charge in [0.2, 0.25) is 5.91 Å². The Labute approximate surface area is 111 Å². The molecule has 19 heavy (non-hydrogen) atoms. The van der Waals surface area contributed by atoms with Crippen LogP contribution in [0.4, 0.5) is 11.6 Å². The first-order valence-corrected chi connectivity index (χ1v) is 5.90. The predicted octanol–water partition coefficient (Wildman–Crippen LogP) is 2.60. The van der Waals surface area contributed by atoms with Crippen LogP contribution in [-0.2, 0) is 4.79 Å². The molecule has 0 saturated heterocycles. The molecular weight excluding hydrogens is 240 g/mol. The zero-order valence-corrected chi connectivity index (χ0v) is 10.6. The first-order valence-electron chi connectivity index (χ1n) is 5.90. The first kappa shape index (κ1) is 12.9. The van der Waals surface area contributed by atoms with Crippen molar-refractivity contribution in [3.05, 3.63) is 48.8 Å². The van der Waals surface area contributed by atoms with Crippen LogP contribution in [0, 0.1) is 0 Å². The summed E-state index contributed by atoms with van der Waals surface area (Å²) in [5.74, 6) is 1.000. The van der Waals surface area contributed by atoms with Gasteiger partial charge in [-0.15, -0.1) is 0 Å². The molecule has 2 aromatic heterocycles. The van der Waals surface area contributed by atoms with Gasteiger partial charge in [0.05, 0.1) is 6.42 Å². The molecule has 2 aromatic rings. The molecule has 1 amide bonds. The third kappa shape index (κ3) is 4.31. The monoisotopic (exact) mass is 254 g/mol. The van der Waals surface area contributed by atoms with E-state index < -0.39 is 0 Å². The van der Waals surface area contributed by atoms with Crippen LogP contribution in [0.25, 0.3) is 0 Å². The van der Waals surface area contributed by atoms with Crippen LogP contribution in [0.3, 0.4) is 0 Å². The maximum Gasteiger partial charge on any atom is 0.231 e. The number of rotatable bonds is 4. The lowest BCUT2D eigenvalue weighted by atomic mass is 10.3. The van der Waals surface area contributed by atoms with Gasteiger partial charge in [-0.2, -0.15) is 0 Å². The maximum atomic E-state index is 11.8. The van der Waals surface area contributed by atoms with Crippen molar-refractivity contribution in [3.8, 4) is 0 Å². The van der Waals surface area contributed by atoms with Gasteiger partial charge in [-0.1, -0.05) is 12.1 Å². The second-order valence-electron chi connectivity index (χ2n) is 3.97. The second-order valence-corrected chi connectivity index (χ2v) is 3.97. The summed E-state index contributed by atoms with van der Waals surface area (Å²) in [6, 6.07) is 10.8. The molecule has 0 aliphatic heterocycles. The van der Waals surface area contributed by atoms with Crippen LogP contribution in [0.15, 0.2) is 53.8 Å². The Hall–Kier alpha value is -2.56. The molecule has 0 bridgehead atoms. The highest BCUT2D eigenvalue weighted by Crippen LogP contribution is 2.07. The van der Waals surface area contributed by atoms with E-state index in [1.807, 2.05) is 18.2 Å². The number of pyridine rings is 2. The summed E-state index contributed by atoms with van der Waals surface area (Å²) in [5.41, 5.74) is 0.701. The Kier molecular flexibility index (Phi) is 4.34. The number of carbonyl (C=O) groups is 1. The van der Waals surface area contributed by atoms with Crippen LogP contribution in [-0.4, -0.2) is 21.6 Å². The summed E-state index contributed by atoms with van der Waals surface area (Å²) >= 11 is 0. The zero-order chi connectivity index (χ0) is 13.5. The first-order chi connectivity index (χ1) is 9.24. The van der Waals surface area contributed by atoms with Crippen molar-refractivity contribution >= 4 is 23.3 Å². The molecule has 0 aliphatic carbocycles. The van der Waals surface area contributed by atoms with Crippen molar-refractivity contribution < 1.29 is 4.79 Å². The lowest BCUT2D eigenvalue weighted by Gasteiger charge is -2.03. The predicted molar refractivity (Wildman–Crippen MR) is 74.5 cm³/mol. The van der Waals surface area contributed by atoms with Gasteiger partial charge in [0.15, 0.2) is 5.82 Å². The third-order valence-corrected chi connectivity index (χ3v) is 2.30. The zero-order valence-electron chi connectivity index (χ0n) is 10.6. The van der Waals surface area contributed by atoms with Crippen molar-refractivity contribution in [3.63, 3.8) is 0 Å². The molecule has 5 nitrogen and oxygen atoms in total. The van der Waals surface area contributed by atoms with E-state index in [9.17, 15) is 4.79 Å². The fraction of sp³-hybridized carbons (Fsp3) is 0.143. The molecule has 1 N–H and O–H groups in total. The van der Waals surface area contributed by atoms with Crippen LogP contribution in [0.2, 0.25) is 0 Å². The van der Waals surface area contributed by atoms with E-state index in [2.05, 4.69) is 20.3 Å². The van der Waals surface area contributed by atoms with Crippen LogP contribution in [0.5, 0.6) is 0 Å². The highest BCUT2D eigenvalue weighted by molar-refractivity contribution is 6.05. The van der Waals surface area contributed by atoms with E-state index in [0.717, 1.165) is 0 Å². The molecule has 0 spiro atoms. The van der Waals surface area contributed by atoms with Gasteiger partial charge in [0.1, 0.15) is 5.82 Å². The molecule has 0 aromatic carbocycles. The van der Waals surface area contributed by atoms with Crippen molar-refractivity contribution in [2.75, 3.05) is 5.32 Å². The molecule has 0 fully saturated rings. The van der Waals surface area contributed by atoms with Crippen molar-refractivity contribution in [1.29, 1.82) is 0 Å². The Morgan fingerprint density at radius 1 is 1.16 bits per heavy atom. The lowest BCUT2D eigenvalue weighted by Crippen LogP contribution is -2.15. The van der Waals surface area contributed by atoms with E-state index in [4.69, 9.17) is 0 Å². The molecule has 0 unspecified atom stereocenters. The Bertz CT molecular complexity index is 567. The van der Waals surface area contributed by atoms with Gasteiger partial charge < -0.3 is 5.32 Å². The highest BCUT2D eigenvalue weighted by Gasteiger charge is 2.05. The van der Waals surface area contributed by atoms with E-state index in [1.54, 1.807) is 37.5 Å². The van der Waals surface area contributed by atoms with Gasteiger partial charge in [-0.05, 0) is 31.2 Å². The summed E-state index contributed by atoms with van der Waals surface area (Å²) in [6.45, 7) is 1.80. The number of aliphatic imine (C=N–C) groups is 1. The normalized spacial score (nSPS) is 11.1. The van der Waals surface area contributed by atoms with Crippen molar-refractivity contribution in [2.45, 2.75) is 13.3 Å². The van der Waals surface area contributed by atoms with E-state index >= 15 is 0 Å². The van der Waals surface area contributed by atoms with Crippen molar-refractivity contribution in [2.24, 2.45) is 4.99 Å². The van der Waals surface area contributed by atoms with Gasteiger partial charge >= 0.3 is 0 Å². The van der Waals surface area contributed by atoms with Crippen LogP contribution >= 0.6 is 0 Å². The summed E-state index contributed by atoms with van der Waals surface area (Å²) < 4.78 is 0. The van der Waals surface area contributed by atoms with Gasteiger partial charge in [0, 0.05) is 18.1 Å². The SMILES string of the molecule is C/C(CC(=O)Nc1ccccn1)=N\c1ccccn1. The topological polar surface area (TPSA) is 67.2 Å². The third-order valence-electron chi connectivity index (χ3n) is 2.30. The molecule has 0 saturated carbocycles. The largest absolute Gasteiger partial charge is 0.310 e. The number of anilines is 1. The molecule has 0 radical (unpaired) electrons. The summed E-state index contributed by atoms with van der Waals surface area (Å²) in [5, 5.41) is 2.71. The molecule has 0 aliphatic rings. The Balaban J connectivity index is 1.94. The standard InChI is InChI=1S/C14H14N4O/c1-11(17-12-6-2-4-8-15-12)10-14(19)18-13-7-3-5-9-16-13/h2-9H,10H2,1H3,(H,16,18,19)/b17-11+. The minimum absolute atomic E-state index is 0.143. The van der Waals surface area contributed by atoms with Crippen molar-refractivity contribution in [1.82, 2.24) is 9.97 Å². The number of nitrogens with one attached hydrogen (secondary N) is 1. The van der Waals surface area contributed by atoms with Crippen LogP contribution < -0.4 is 5.32 Å². The molecule has 0 atom stereocenters. The molecule has 96 valence electrons. The van der Waals surface area contributed by atoms with Crippen LogP contribution in [0.1, 0.15) is 13.3 Å². The molecule has 2 heterocycles.